The second kappa shape index (κ2) is 7.34. The average Bonchev–Trinajstić information content (AvgIpc) is 2.60. The Labute approximate surface area is 145 Å². The summed E-state index contributed by atoms with van der Waals surface area (Å²) in [5, 5.41) is 2.84. The largest absolute Gasteiger partial charge is 0.479 e. The summed E-state index contributed by atoms with van der Waals surface area (Å²) in [6.45, 7) is -0.0407. The minimum atomic E-state index is -0.265. The van der Waals surface area contributed by atoms with Gasteiger partial charge in [0, 0.05) is 13.5 Å². The number of nitrogens with zero attached hydrogens (tertiary/aromatic N) is 1. The quantitative estimate of drug-likeness (QED) is 0.908. The van der Waals surface area contributed by atoms with Crippen LogP contribution in [0.2, 0.25) is 0 Å². The molecule has 0 atom stereocenters. The number of para-hydroxylation sites is 1. The molecule has 0 aliphatic carbocycles. The summed E-state index contributed by atoms with van der Waals surface area (Å²) in [7, 11) is 1.68. The third kappa shape index (κ3) is 3.96. The lowest BCUT2D eigenvalue weighted by Gasteiger charge is -2.27. The Balaban J connectivity index is 1.58. The minimum absolute atomic E-state index is 0.0407. The van der Waals surface area contributed by atoms with Crippen molar-refractivity contribution in [3.8, 4) is 5.75 Å². The number of hydrogen-bond donors (Lipinski definition) is 1. The van der Waals surface area contributed by atoms with E-state index in [-0.39, 0.29) is 24.2 Å². The Morgan fingerprint density at radius 1 is 1.24 bits per heavy atom. The molecule has 2 aromatic rings. The minimum Gasteiger partial charge on any atom is -0.479 e. The molecule has 2 amide bonds. The first-order valence-corrected chi connectivity index (χ1v) is 8.11. The number of benzene rings is 2. The van der Waals surface area contributed by atoms with E-state index in [2.05, 4.69) is 5.32 Å². The number of likely N-dealkylation sites (N-methyl/N-ethyl adjacent to an activating group) is 1. The molecular weight excluding hydrogens is 323 g/mol. The molecule has 1 N–H and O–H groups in total. The fraction of sp³-hybridized carbons (Fsp3) is 0.263. The van der Waals surface area contributed by atoms with E-state index in [4.69, 9.17) is 4.74 Å². The van der Waals surface area contributed by atoms with Crippen molar-refractivity contribution in [3.63, 3.8) is 0 Å². The van der Waals surface area contributed by atoms with Gasteiger partial charge in [-0.05, 0) is 42.7 Å². The van der Waals surface area contributed by atoms with Crippen LogP contribution in [0.25, 0.3) is 0 Å². The summed E-state index contributed by atoms with van der Waals surface area (Å²) in [4.78, 5) is 25.4. The number of ether oxygens (including phenoxy) is 1. The van der Waals surface area contributed by atoms with Crippen molar-refractivity contribution < 1.29 is 18.7 Å². The van der Waals surface area contributed by atoms with Crippen LogP contribution in [-0.4, -0.2) is 25.5 Å². The molecule has 0 bridgehead atoms. The zero-order chi connectivity index (χ0) is 17.8. The van der Waals surface area contributed by atoms with Crippen LogP contribution in [0.3, 0.4) is 0 Å². The molecule has 25 heavy (non-hydrogen) atoms. The summed E-state index contributed by atoms with van der Waals surface area (Å²) in [6.07, 6.45) is 1.70. The van der Waals surface area contributed by atoms with Crippen LogP contribution in [0, 0.1) is 5.82 Å². The van der Waals surface area contributed by atoms with Gasteiger partial charge in [0.2, 0.25) is 5.91 Å². The number of halogens is 1. The first kappa shape index (κ1) is 17.0. The molecule has 0 saturated carbocycles. The maximum atomic E-state index is 12.9. The molecule has 0 radical (unpaired) electrons. The van der Waals surface area contributed by atoms with Crippen LogP contribution in [0.1, 0.15) is 18.4 Å². The molecule has 5 nitrogen and oxygen atoms in total. The summed E-state index contributed by atoms with van der Waals surface area (Å²) < 4.78 is 18.4. The maximum Gasteiger partial charge on any atom is 0.264 e. The van der Waals surface area contributed by atoms with Crippen molar-refractivity contribution in [1.82, 2.24) is 0 Å². The van der Waals surface area contributed by atoms with Gasteiger partial charge in [0.25, 0.3) is 5.91 Å². The molecular formula is C19H19FN2O3. The van der Waals surface area contributed by atoms with Crippen molar-refractivity contribution in [2.75, 3.05) is 23.9 Å². The number of anilines is 2. The van der Waals surface area contributed by atoms with E-state index in [1.54, 1.807) is 37.4 Å². The van der Waals surface area contributed by atoms with E-state index in [0.29, 0.717) is 36.4 Å². The van der Waals surface area contributed by atoms with Gasteiger partial charge in [-0.25, -0.2) is 4.39 Å². The van der Waals surface area contributed by atoms with Gasteiger partial charge in [-0.1, -0.05) is 18.2 Å². The van der Waals surface area contributed by atoms with E-state index in [1.807, 2.05) is 0 Å². The van der Waals surface area contributed by atoms with Crippen LogP contribution in [0.5, 0.6) is 5.75 Å². The van der Waals surface area contributed by atoms with Crippen molar-refractivity contribution in [1.29, 1.82) is 0 Å². The summed E-state index contributed by atoms with van der Waals surface area (Å²) in [6, 6.07) is 11.6. The van der Waals surface area contributed by atoms with Crippen LogP contribution in [-0.2, 0) is 16.0 Å². The highest BCUT2D eigenvalue weighted by molar-refractivity contribution is 6.01. The third-order valence-corrected chi connectivity index (χ3v) is 4.13. The second-order valence-electron chi connectivity index (χ2n) is 5.92. The van der Waals surface area contributed by atoms with E-state index in [9.17, 15) is 14.0 Å². The molecule has 0 saturated heterocycles. The van der Waals surface area contributed by atoms with Gasteiger partial charge in [0.1, 0.15) is 5.82 Å². The number of hydrogen-bond acceptors (Lipinski definition) is 3. The van der Waals surface area contributed by atoms with Gasteiger partial charge in [0.05, 0.1) is 11.4 Å². The molecule has 0 aromatic heterocycles. The number of fused-ring (bicyclic) bond motifs is 1. The lowest BCUT2D eigenvalue weighted by Crippen LogP contribution is -2.35. The number of carbonyl (C=O) groups excluding carboxylic acids is 2. The average molecular weight is 342 g/mol. The first-order valence-electron chi connectivity index (χ1n) is 8.11. The van der Waals surface area contributed by atoms with Crippen LogP contribution >= 0.6 is 0 Å². The fourth-order valence-electron chi connectivity index (χ4n) is 2.72. The standard InChI is InChI=1S/C19H19FN2O3/c1-22-16-6-3-5-15(19(16)25-12-18(22)24)21-17(23)7-2-4-13-8-10-14(20)11-9-13/h3,5-6,8-11H,2,4,7,12H2,1H3,(H,21,23). The zero-order valence-corrected chi connectivity index (χ0v) is 13.9. The topological polar surface area (TPSA) is 58.6 Å². The smallest absolute Gasteiger partial charge is 0.264 e. The van der Waals surface area contributed by atoms with Gasteiger partial charge >= 0.3 is 0 Å². The molecule has 1 aliphatic rings. The number of nitrogens with one attached hydrogen (secondary N) is 1. The fourth-order valence-corrected chi connectivity index (χ4v) is 2.72. The Hall–Kier alpha value is -2.89. The van der Waals surface area contributed by atoms with Crippen molar-refractivity contribution in [3.05, 3.63) is 53.8 Å². The highest BCUT2D eigenvalue weighted by Crippen LogP contribution is 2.38. The molecule has 0 unspecified atom stereocenters. The summed E-state index contributed by atoms with van der Waals surface area (Å²) in [5.41, 5.74) is 2.19. The highest BCUT2D eigenvalue weighted by Gasteiger charge is 2.24. The molecule has 3 rings (SSSR count). The normalized spacial score (nSPS) is 13.2. The van der Waals surface area contributed by atoms with Crippen LogP contribution < -0.4 is 15.0 Å². The molecule has 1 heterocycles. The van der Waals surface area contributed by atoms with Crippen molar-refractivity contribution in [2.24, 2.45) is 0 Å². The van der Waals surface area contributed by atoms with E-state index in [1.165, 1.54) is 17.0 Å². The molecule has 6 heteroatoms. The maximum absolute atomic E-state index is 12.9. The molecule has 0 fully saturated rings. The third-order valence-electron chi connectivity index (χ3n) is 4.13. The SMILES string of the molecule is CN1C(=O)COc2c(NC(=O)CCCc3ccc(F)cc3)cccc21. The van der Waals surface area contributed by atoms with Gasteiger partial charge in [-0.15, -0.1) is 0 Å². The monoisotopic (exact) mass is 342 g/mol. The lowest BCUT2D eigenvalue weighted by molar-refractivity contribution is -0.121. The van der Waals surface area contributed by atoms with Crippen molar-refractivity contribution in [2.45, 2.75) is 19.3 Å². The van der Waals surface area contributed by atoms with E-state index >= 15 is 0 Å². The highest BCUT2D eigenvalue weighted by atomic mass is 19.1. The number of rotatable bonds is 5. The van der Waals surface area contributed by atoms with E-state index in [0.717, 1.165) is 5.56 Å². The summed E-state index contributed by atoms with van der Waals surface area (Å²) >= 11 is 0. The van der Waals surface area contributed by atoms with E-state index < -0.39 is 0 Å². The number of amides is 2. The lowest BCUT2D eigenvalue weighted by atomic mass is 10.1. The second-order valence-corrected chi connectivity index (χ2v) is 5.92. The molecule has 130 valence electrons. The predicted octanol–water partition coefficient (Wildman–Crippen LogP) is 3.14. The number of carbonyl (C=O) groups is 2. The molecule has 1 aliphatic heterocycles. The van der Waals surface area contributed by atoms with Crippen molar-refractivity contribution >= 4 is 23.2 Å². The summed E-state index contributed by atoms with van der Waals surface area (Å²) in [5.74, 6) is -0.00998. The van der Waals surface area contributed by atoms with Gasteiger partial charge in [-0.3, -0.25) is 9.59 Å². The first-order chi connectivity index (χ1) is 12.0. The Kier molecular flexibility index (Phi) is 4.97. The Morgan fingerprint density at radius 2 is 2.00 bits per heavy atom. The molecule has 2 aromatic carbocycles. The predicted molar refractivity (Wildman–Crippen MR) is 93.3 cm³/mol. The zero-order valence-electron chi connectivity index (χ0n) is 13.9. The number of aryl methyl sites for hydroxylation is 1. The molecule has 0 spiro atoms. The van der Waals surface area contributed by atoms with Gasteiger partial charge in [0.15, 0.2) is 12.4 Å². The van der Waals surface area contributed by atoms with Gasteiger partial charge in [-0.2, -0.15) is 0 Å². The van der Waals surface area contributed by atoms with Crippen LogP contribution in [0.15, 0.2) is 42.5 Å². The van der Waals surface area contributed by atoms with Crippen LogP contribution in [0.4, 0.5) is 15.8 Å². The Bertz CT molecular complexity index is 790. The van der Waals surface area contributed by atoms with Gasteiger partial charge < -0.3 is 15.0 Å². The Morgan fingerprint density at radius 3 is 2.76 bits per heavy atom.